The zero-order valence-corrected chi connectivity index (χ0v) is 18.7. The lowest BCUT2D eigenvalue weighted by atomic mass is 10.2. The van der Waals surface area contributed by atoms with Gasteiger partial charge >= 0.3 is 5.69 Å². The van der Waals surface area contributed by atoms with Crippen LogP contribution >= 0.6 is 11.8 Å². The minimum atomic E-state index is -0.729. The Morgan fingerprint density at radius 3 is 2.56 bits per heavy atom. The highest BCUT2D eigenvalue weighted by Crippen LogP contribution is 2.29. The number of hydrogen-bond acceptors (Lipinski definition) is 5. The summed E-state index contributed by atoms with van der Waals surface area (Å²) in [6.45, 7) is 2.31. The molecule has 3 aromatic rings. The van der Waals surface area contributed by atoms with Crippen molar-refractivity contribution in [1.29, 1.82) is 0 Å². The van der Waals surface area contributed by atoms with Crippen LogP contribution in [0.15, 0.2) is 63.0 Å². The van der Waals surface area contributed by atoms with Crippen LogP contribution in [-0.4, -0.2) is 22.5 Å². The maximum absolute atomic E-state index is 14.0. The van der Waals surface area contributed by atoms with Crippen LogP contribution in [0.4, 0.5) is 15.9 Å². The molecule has 0 radical (unpaired) electrons. The van der Waals surface area contributed by atoms with E-state index in [4.69, 9.17) is 5.73 Å². The first-order chi connectivity index (χ1) is 15.3. The largest absolute Gasteiger partial charge is 0.383 e. The van der Waals surface area contributed by atoms with Crippen LogP contribution in [0.5, 0.6) is 0 Å². The number of carbonyl (C=O) groups excluding carboxylic acids is 1. The Morgan fingerprint density at radius 2 is 1.84 bits per heavy atom. The molecule has 0 atom stereocenters. The van der Waals surface area contributed by atoms with Crippen LogP contribution in [0.1, 0.15) is 35.7 Å². The third-order valence-corrected chi connectivity index (χ3v) is 6.17. The predicted octanol–water partition coefficient (Wildman–Crippen LogP) is 3.63. The highest BCUT2D eigenvalue weighted by molar-refractivity contribution is 7.98. The molecule has 0 bridgehead atoms. The number of thioether (sulfide) groups is 1. The first-order valence-corrected chi connectivity index (χ1v) is 11.2. The van der Waals surface area contributed by atoms with Gasteiger partial charge in [0.05, 0.1) is 5.56 Å². The Bertz CT molecular complexity index is 1240. The number of rotatable bonds is 8. The van der Waals surface area contributed by atoms with E-state index in [-0.39, 0.29) is 17.3 Å². The highest BCUT2D eigenvalue weighted by Gasteiger charge is 2.23. The second-order valence-electron chi connectivity index (χ2n) is 7.24. The minimum absolute atomic E-state index is 0.0560. The quantitative estimate of drug-likeness (QED) is 0.504. The van der Waals surface area contributed by atoms with Crippen molar-refractivity contribution in [2.24, 2.45) is 0 Å². The van der Waals surface area contributed by atoms with Crippen molar-refractivity contribution >= 4 is 29.2 Å². The summed E-state index contributed by atoms with van der Waals surface area (Å²) in [7, 11) is 1.44. The second kappa shape index (κ2) is 10.3. The van der Waals surface area contributed by atoms with E-state index in [9.17, 15) is 18.8 Å². The first kappa shape index (κ1) is 23.3. The fourth-order valence-corrected chi connectivity index (χ4v) is 4.29. The van der Waals surface area contributed by atoms with Gasteiger partial charge in [0, 0.05) is 24.2 Å². The maximum Gasteiger partial charge on any atom is 0.330 e. The monoisotopic (exact) mass is 456 g/mol. The number of carbonyl (C=O) groups is 1. The smallest absolute Gasteiger partial charge is 0.330 e. The molecule has 168 valence electrons. The molecule has 3 N–H and O–H groups in total. The van der Waals surface area contributed by atoms with E-state index in [2.05, 4.69) is 4.98 Å². The van der Waals surface area contributed by atoms with E-state index in [0.717, 1.165) is 11.3 Å². The zero-order chi connectivity index (χ0) is 23.3. The lowest BCUT2D eigenvalue weighted by Gasteiger charge is -2.21. The number of aromatic amines is 1. The van der Waals surface area contributed by atoms with Gasteiger partial charge in [-0.2, -0.15) is 0 Å². The molecule has 3 rings (SSSR count). The molecule has 0 aliphatic carbocycles. The number of nitrogen functional groups attached to an aromatic ring is 1. The third kappa shape index (κ3) is 4.94. The van der Waals surface area contributed by atoms with Gasteiger partial charge in [0.1, 0.15) is 11.6 Å². The Labute approximate surface area is 189 Å². The molecule has 9 heteroatoms. The van der Waals surface area contributed by atoms with Crippen molar-refractivity contribution < 1.29 is 9.18 Å². The van der Waals surface area contributed by atoms with Gasteiger partial charge in [-0.1, -0.05) is 43.7 Å². The molecule has 0 aliphatic rings. The zero-order valence-electron chi connectivity index (χ0n) is 17.9. The molecular weight excluding hydrogens is 431 g/mol. The fraction of sp³-hybridized carbons (Fsp3) is 0.261. The molecule has 0 saturated carbocycles. The van der Waals surface area contributed by atoms with Crippen molar-refractivity contribution in [3.63, 3.8) is 0 Å². The maximum atomic E-state index is 14.0. The van der Waals surface area contributed by atoms with Gasteiger partial charge in [0.2, 0.25) is 0 Å². The third-order valence-electron chi connectivity index (χ3n) is 5.05. The number of aromatic nitrogens is 2. The Kier molecular flexibility index (Phi) is 7.53. The van der Waals surface area contributed by atoms with Crippen LogP contribution in [0, 0.1) is 5.82 Å². The molecule has 1 heterocycles. The lowest BCUT2D eigenvalue weighted by Crippen LogP contribution is -2.39. The molecule has 1 amide bonds. The standard InChI is InChI=1S/C23H25FN4O3S/c1-3-4-13-28-20(25)19(21(29)26-23(28)31)27(2)22(30)16-10-6-8-12-18(16)32-14-15-9-5-7-11-17(15)24/h5-12H,3-4,13-14,25H2,1-2H3,(H,26,29,31). The van der Waals surface area contributed by atoms with E-state index in [1.54, 1.807) is 42.5 Å². The van der Waals surface area contributed by atoms with E-state index >= 15 is 0 Å². The van der Waals surface area contributed by atoms with Crippen LogP contribution in [-0.2, 0) is 12.3 Å². The molecule has 7 nitrogen and oxygen atoms in total. The summed E-state index contributed by atoms with van der Waals surface area (Å²) in [5.41, 5.74) is 5.59. The van der Waals surface area contributed by atoms with Crippen LogP contribution in [0.2, 0.25) is 0 Å². The van der Waals surface area contributed by atoms with Crippen molar-refractivity contribution in [1.82, 2.24) is 9.55 Å². The van der Waals surface area contributed by atoms with E-state index in [1.165, 1.54) is 29.4 Å². The molecule has 0 fully saturated rings. The number of nitrogens with two attached hydrogens (primary N) is 1. The number of H-pyrrole nitrogens is 1. The summed E-state index contributed by atoms with van der Waals surface area (Å²) in [5.74, 6) is -0.487. The lowest BCUT2D eigenvalue weighted by molar-refractivity contribution is 0.0990. The summed E-state index contributed by atoms with van der Waals surface area (Å²) in [4.78, 5) is 42.0. The second-order valence-corrected chi connectivity index (χ2v) is 8.26. The molecule has 0 spiro atoms. The molecular formula is C23H25FN4O3S. The Balaban J connectivity index is 1.93. The van der Waals surface area contributed by atoms with Crippen LogP contribution < -0.4 is 21.9 Å². The van der Waals surface area contributed by atoms with Gasteiger partial charge in [-0.3, -0.25) is 19.1 Å². The van der Waals surface area contributed by atoms with Gasteiger partial charge < -0.3 is 10.6 Å². The molecule has 0 aliphatic heterocycles. The Morgan fingerprint density at radius 1 is 1.16 bits per heavy atom. The van der Waals surface area contributed by atoms with E-state index < -0.39 is 17.2 Å². The van der Waals surface area contributed by atoms with E-state index in [1.807, 2.05) is 6.92 Å². The number of benzene rings is 2. The molecule has 1 aromatic heterocycles. The summed E-state index contributed by atoms with van der Waals surface area (Å²) in [5, 5.41) is 0. The SMILES string of the molecule is CCCCn1c(N)c(N(C)C(=O)c2ccccc2SCc2ccccc2F)c(=O)[nH]c1=O. The number of halogens is 1. The molecule has 32 heavy (non-hydrogen) atoms. The number of nitrogens with one attached hydrogen (secondary N) is 1. The minimum Gasteiger partial charge on any atom is -0.383 e. The number of anilines is 2. The predicted molar refractivity (Wildman–Crippen MR) is 126 cm³/mol. The molecule has 0 saturated heterocycles. The Hall–Kier alpha value is -3.33. The number of hydrogen-bond donors (Lipinski definition) is 2. The number of unbranched alkanes of at least 4 members (excludes halogenated alkanes) is 1. The van der Waals surface area contributed by atoms with Gasteiger partial charge in [-0.15, -0.1) is 11.8 Å². The van der Waals surface area contributed by atoms with Crippen molar-refractivity contribution in [2.45, 2.75) is 37.0 Å². The van der Waals surface area contributed by atoms with Crippen LogP contribution in [0.25, 0.3) is 0 Å². The first-order valence-electron chi connectivity index (χ1n) is 10.2. The summed E-state index contributed by atoms with van der Waals surface area (Å²) < 4.78 is 15.2. The fourth-order valence-electron chi connectivity index (χ4n) is 3.26. The summed E-state index contributed by atoms with van der Waals surface area (Å²) >= 11 is 1.32. The summed E-state index contributed by atoms with van der Waals surface area (Å²) in [6.07, 6.45) is 1.53. The number of nitrogens with zero attached hydrogens (tertiary/aromatic N) is 2. The van der Waals surface area contributed by atoms with Crippen LogP contribution in [0.3, 0.4) is 0 Å². The molecule has 0 unspecified atom stereocenters. The number of amides is 1. The van der Waals surface area contributed by atoms with E-state index in [0.29, 0.717) is 34.7 Å². The van der Waals surface area contributed by atoms with Gasteiger partial charge in [0.15, 0.2) is 5.69 Å². The average Bonchev–Trinajstić information content (AvgIpc) is 2.78. The molecule has 2 aromatic carbocycles. The normalized spacial score (nSPS) is 10.8. The van der Waals surface area contributed by atoms with Crippen molar-refractivity contribution in [2.75, 3.05) is 17.7 Å². The van der Waals surface area contributed by atoms with Gasteiger partial charge in [-0.05, 0) is 30.2 Å². The average molecular weight is 457 g/mol. The topological polar surface area (TPSA) is 101 Å². The van der Waals surface area contributed by atoms with Crippen molar-refractivity contribution in [3.05, 3.63) is 86.3 Å². The van der Waals surface area contributed by atoms with Crippen molar-refractivity contribution in [3.8, 4) is 0 Å². The summed E-state index contributed by atoms with van der Waals surface area (Å²) in [6, 6.07) is 13.4. The highest BCUT2D eigenvalue weighted by atomic mass is 32.2. The van der Waals surface area contributed by atoms with Gasteiger partial charge in [-0.25, -0.2) is 9.18 Å². The van der Waals surface area contributed by atoms with Gasteiger partial charge in [0.25, 0.3) is 11.5 Å².